The third-order valence-electron chi connectivity index (χ3n) is 2.59. The van der Waals surface area contributed by atoms with Crippen LogP contribution in [0.15, 0.2) is 36.5 Å². The number of carboxylic acid groups (broad SMARTS) is 1. The largest absolute Gasteiger partial charge is 0.475 e. The molecule has 0 saturated heterocycles. The molecule has 17 heavy (non-hydrogen) atoms. The Balaban J connectivity index is 1.84. The highest BCUT2D eigenvalue weighted by atomic mass is 16.4. The first-order valence-corrected chi connectivity index (χ1v) is 5.57. The number of benzene rings is 1. The predicted molar refractivity (Wildman–Crippen MR) is 64.0 cm³/mol. The molecule has 0 spiro atoms. The van der Waals surface area contributed by atoms with Crippen LogP contribution in [-0.2, 0) is 12.8 Å². The third-order valence-corrected chi connectivity index (χ3v) is 2.59. The molecule has 0 bridgehead atoms. The molecule has 4 nitrogen and oxygen atoms in total. The number of hydrogen-bond donors (Lipinski definition) is 2. The van der Waals surface area contributed by atoms with Gasteiger partial charge in [0.2, 0.25) is 5.82 Å². The fraction of sp³-hybridized carbons (Fsp3) is 0.231. The van der Waals surface area contributed by atoms with E-state index in [2.05, 4.69) is 22.1 Å². The van der Waals surface area contributed by atoms with Gasteiger partial charge in [-0.2, -0.15) is 0 Å². The number of carboxylic acids is 1. The molecule has 1 heterocycles. The molecule has 0 saturated carbocycles. The Morgan fingerprint density at radius 3 is 2.65 bits per heavy atom. The maximum Gasteiger partial charge on any atom is 0.371 e. The second-order valence-electron chi connectivity index (χ2n) is 3.90. The van der Waals surface area contributed by atoms with Crippen LogP contribution in [0.2, 0.25) is 0 Å². The van der Waals surface area contributed by atoms with Crippen molar-refractivity contribution in [3.05, 3.63) is 53.6 Å². The van der Waals surface area contributed by atoms with E-state index in [4.69, 9.17) is 5.11 Å². The summed E-state index contributed by atoms with van der Waals surface area (Å²) in [5.74, 6) is -1.00. The minimum Gasteiger partial charge on any atom is -0.475 e. The smallest absolute Gasteiger partial charge is 0.371 e. The Kier molecular flexibility index (Phi) is 3.55. The van der Waals surface area contributed by atoms with E-state index in [-0.39, 0.29) is 5.82 Å². The lowest BCUT2D eigenvalue weighted by atomic mass is 10.1. The summed E-state index contributed by atoms with van der Waals surface area (Å²) in [5, 5.41) is 8.71. The molecule has 0 aliphatic carbocycles. The highest BCUT2D eigenvalue weighted by Crippen LogP contribution is 2.06. The zero-order valence-electron chi connectivity index (χ0n) is 9.39. The second-order valence-corrected chi connectivity index (χ2v) is 3.90. The third kappa shape index (κ3) is 3.17. The molecule has 0 fully saturated rings. The van der Waals surface area contributed by atoms with E-state index in [9.17, 15) is 4.79 Å². The maximum atomic E-state index is 10.6. The molecule has 1 aromatic heterocycles. The number of rotatable bonds is 5. The number of aromatic carboxylic acids is 1. The van der Waals surface area contributed by atoms with Crippen molar-refractivity contribution in [1.29, 1.82) is 0 Å². The minimum atomic E-state index is -1.01. The van der Waals surface area contributed by atoms with Crippen molar-refractivity contribution in [3.8, 4) is 0 Å². The summed E-state index contributed by atoms with van der Waals surface area (Å²) in [6.07, 6.45) is 4.37. The average molecular weight is 230 g/mol. The molecule has 0 unspecified atom stereocenters. The van der Waals surface area contributed by atoms with Crippen LogP contribution in [-0.4, -0.2) is 21.0 Å². The van der Waals surface area contributed by atoms with Crippen molar-refractivity contribution < 1.29 is 9.90 Å². The molecule has 0 amide bonds. The van der Waals surface area contributed by atoms with Crippen LogP contribution in [0.5, 0.6) is 0 Å². The van der Waals surface area contributed by atoms with Crippen molar-refractivity contribution in [3.63, 3.8) is 0 Å². The SMILES string of the molecule is O=C(O)c1ncc(CCCc2ccccc2)[nH]1. The summed E-state index contributed by atoms with van der Waals surface area (Å²) >= 11 is 0. The number of nitrogens with one attached hydrogen (secondary N) is 1. The number of aryl methyl sites for hydroxylation is 2. The predicted octanol–water partition coefficient (Wildman–Crippen LogP) is 2.28. The molecule has 1 aromatic carbocycles. The van der Waals surface area contributed by atoms with Gasteiger partial charge in [-0.3, -0.25) is 0 Å². The quantitative estimate of drug-likeness (QED) is 0.828. The van der Waals surface area contributed by atoms with Gasteiger partial charge in [0.15, 0.2) is 0 Å². The lowest BCUT2D eigenvalue weighted by molar-refractivity contribution is 0.0684. The number of carbonyl (C=O) groups is 1. The Labute approximate surface area is 99.3 Å². The molecule has 4 heteroatoms. The van der Waals surface area contributed by atoms with E-state index < -0.39 is 5.97 Å². The van der Waals surface area contributed by atoms with Crippen molar-refractivity contribution >= 4 is 5.97 Å². The zero-order chi connectivity index (χ0) is 12.1. The van der Waals surface area contributed by atoms with Crippen molar-refractivity contribution in [2.75, 3.05) is 0 Å². The molecule has 0 atom stereocenters. The number of hydrogen-bond acceptors (Lipinski definition) is 2. The van der Waals surface area contributed by atoms with Gasteiger partial charge in [0, 0.05) is 11.9 Å². The Morgan fingerprint density at radius 1 is 1.24 bits per heavy atom. The van der Waals surface area contributed by atoms with E-state index in [1.807, 2.05) is 18.2 Å². The van der Waals surface area contributed by atoms with Gasteiger partial charge in [-0.1, -0.05) is 30.3 Å². The molecule has 2 N–H and O–H groups in total. The number of H-pyrrole nitrogens is 1. The van der Waals surface area contributed by atoms with E-state index in [0.717, 1.165) is 25.0 Å². The number of imidazole rings is 1. The summed E-state index contributed by atoms with van der Waals surface area (Å²) in [6.45, 7) is 0. The lowest BCUT2D eigenvalue weighted by Crippen LogP contribution is -1.99. The van der Waals surface area contributed by atoms with Gasteiger partial charge in [0.1, 0.15) is 0 Å². The van der Waals surface area contributed by atoms with Crippen LogP contribution in [0.25, 0.3) is 0 Å². The summed E-state index contributed by atoms with van der Waals surface area (Å²) in [6, 6.07) is 10.2. The van der Waals surface area contributed by atoms with Crippen LogP contribution in [0.3, 0.4) is 0 Å². The van der Waals surface area contributed by atoms with Crippen molar-refractivity contribution in [2.45, 2.75) is 19.3 Å². The van der Waals surface area contributed by atoms with Crippen LogP contribution >= 0.6 is 0 Å². The fourth-order valence-electron chi connectivity index (χ4n) is 1.72. The molecule has 2 aromatic rings. The van der Waals surface area contributed by atoms with Gasteiger partial charge in [-0.05, 0) is 24.8 Å². The molecule has 0 aliphatic heterocycles. The second kappa shape index (κ2) is 5.30. The van der Waals surface area contributed by atoms with E-state index in [1.165, 1.54) is 5.56 Å². The molecular formula is C13H14N2O2. The normalized spacial score (nSPS) is 10.4. The van der Waals surface area contributed by atoms with E-state index in [1.54, 1.807) is 6.20 Å². The standard InChI is InChI=1S/C13H14N2O2/c16-13(17)12-14-9-11(15-12)8-4-7-10-5-2-1-3-6-10/h1-3,5-6,9H,4,7-8H2,(H,14,15)(H,16,17). The molecule has 0 radical (unpaired) electrons. The van der Waals surface area contributed by atoms with Crippen molar-refractivity contribution in [2.24, 2.45) is 0 Å². The number of aromatic nitrogens is 2. The number of nitrogens with zero attached hydrogens (tertiary/aromatic N) is 1. The Bertz CT molecular complexity index is 491. The summed E-state index contributed by atoms with van der Waals surface area (Å²) in [5.41, 5.74) is 2.17. The summed E-state index contributed by atoms with van der Waals surface area (Å²) < 4.78 is 0. The minimum absolute atomic E-state index is 0.0136. The average Bonchev–Trinajstić information content (AvgIpc) is 2.79. The van der Waals surface area contributed by atoms with Gasteiger partial charge in [-0.15, -0.1) is 0 Å². The Hall–Kier alpha value is -2.10. The van der Waals surface area contributed by atoms with Gasteiger partial charge >= 0.3 is 5.97 Å². The first-order chi connectivity index (χ1) is 8.25. The zero-order valence-corrected chi connectivity index (χ0v) is 9.39. The van der Waals surface area contributed by atoms with Crippen LogP contribution in [0, 0.1) is 0 Å². The van der Waals surface area contributed by atoms with Crippen LogP contribution < -0.4 is 0 Å². The summed E-state index contributed by atoms with van der Waals surface area (Å²) in [7, 11) is 0. The Morgan fingerprint density at radius 2 is 2.00 bits per heavy atom. The summed E-state index contributed by atoms with van der Waals surface area (Å²) in [4.78, 5) is 17.2. The highest BCUT2D eigenvalue weighted by Gasteiger charge is 2.07. The topological polar surface area (TPSA) is 66.0 Å². The van der Waals surface area contributed by atoms with E-state index >= 15 is 0 Å². The van der Waals surface area contributed by atoms with Gasteiger partial charge < -0.3 is 10.1 Å². The van der Waals surface area contributed by atoms with Crippen LogP contribution in [0.4, 0.5) is 0 Å². The molecule has 0 aliphatic rings. The monoisotopic (exact) mass is 230 g/mol. The lowest BCUT2D eigenvalue weighted by Gasteiger charge is -1.99. The van der Waals surface area contributed by atoms with Crippen molar-refractivity contribution in [1.82, 2.24) is 9.97 Å². The van der Waals surface area contributed by atoms with Gasteiger partial charge in [0.05, 0.1) is 0 Å². The maximum absolute atomic E-state index is 10.6. The van der Waals surface area contributed by atoms with E-state index in [0.29, 0.717) is 0 Å². The highest BCUT2D eigenvalue weighted by molar-refractivity contribution is 5.83. The number of aromatic amines is 1. The fourth-order valence-corrected chi connectivity index (χ4v) is 1.72. The first kappa shape index (κ1) is 11.4. The molecule has 2 rings (SSSR count). The van der Waals surface area contributed by atoms with Crippen LogP contribution in [0.1, 0.15) is 28.3 Å². The van der Waals surface area contributed by atoms with Gasteiger partial charge in [0.25, 0.3) is 0 Å². The molecular weight excluding hydrogens is 216 g/mol. The van der Waals surface area contributed by atoms with Gasteiger partial charge in [-0.25, -0.2) is 9.78 Å². The first-order valence-electron chi connectivity index (χ1n) is 5.57. The molecule has 88 valence electrons.